The maximum absolute atomic E-state index is 15.1. The van der Waals surface area contributed by atoms with Crippen molar-refractivity contribution in [3.63, 3.8) is 0 Å². The number of morpholine rings is 1. The Hall–Kier alpha value is -2.72. The van der Waals surface area contributed by atoms with E-state index in [0.29, 0.717) is 22.9 Å². The highest BCUT2D eigenvalue weighted by atomic mass is 35.5. The van der Waals surface area contributed by atoms with Crippen molar-refractivity contribution >= 4 is 44.8 Å². The Morgan fingerprint density at radius 1 is 0.902 bits per heavy atom. The van der Waals surface area contributed by atoms with Crippen LogP contribution in [0.4, 0.5) is 14.5 Å². The van der Waals surface area contributed by atoms with Crippen LogP contribution in [-0.4, -0.2) is 43.7 Å². The van der Waals surface area contributed by atoms with Crippen LogP contribution in [-0.2, 0) is 19.6 Å². The average molecular weight is 622 g/mol. The highest BCUT2D eigenvalue weighted by molar-refractivity contribution is 7.93. The molecule has 3 aliphatic rings. The van der Waals surface area contributed by atoms with Gasteiger partial charge in [0, 0.05) is 10.0 Å². The minimum Gasteiger partial charge on any atom is -0.361 e. The number of hydrogen-bond acceptors (Lipinski definition) is 4. The molecule has 1 heterocycles. The summed E-state index contributed by atoms with van der Waals surface area (Å²) in [5.41, 5.74) is 0.860. The molecule has 1 amide bonds. The summed E-state index contributed by atoms with van der Waals surface area (Å²) in [4.78, 5) is 15.4. The van der Waals surface area contributed by atoms with Gasteiger partial charge < -0.3 is 9.64 Å². The van der Waals surface area contributed by atoms with Crippen molar-refractivity contribution in [3.05, 3.63) is 99.5 Å². The molecule has 3 atom stereocenters. The van der Waals surface area contributed by atoms with Gasteiger partial charge in [-0.15, -0.1) is 0 Å². The van der Waals surface area contributed by atoms with Gasteiger partial charge in [0.25, 0.3) is 0 Å². The zero-order chi connectivity index (χ0) is 28.9. The minimum atomic E-state index is -4.09. The molecule has 0 aromatic heterocycles. The quantitative estimate of drug-likeness (QED) is 0.267. The minimum absolute atomic E-state index is 0.0569. The van der Waals surface area contributed by atoms with E-state index in [0.717, 1.165) is 40.4 Å². The first-order chi connectivity index (χ1) is 19.6. The largest absolute Gasteiger partial charge is 0.361 e. The summed E-state index contributed by atoms with van der Waals surface area (Å²) in [6.07, 6.45) is 1.71. The molecule has 11 heteroatoms. The van der Waals surface area contributed by atoms with Crippen LogP contribution in [0, 0.1) is 17.6 Å². The zero-order valence-corrected chi connectivity index (χ0v) is 24.3. The van der Waals surface area contributed by atoms with E-state index >= 15 is 8.78 Å². The maximum atomic E-state index is 15.1. The molecule has 2 aliphatic carbocycles. The second kappa shape index (κ2) is 11.2. The van der Waals surface area contributed by atoms with Gasteiger partial charge in [-0.3, -0.25) is 9.10 Å². The first-order valence-corrected chi connectivity index (χ1v) is 15.8. The number of anilines is 1. The number of para-hydroxylation sites is 1. The number of ether oxygens (including phenoxy) is 1. The van der Waals surface area contributed by atoms with Crippen LogP contribution in [0.1, 0.15) is 49.0 Å². The Labute approximate surface area is 247 Å². The molecule has 0 radical (unpaired) electrons. The Balaban J connectivity index is 1.47. The van der Waals surface area contributed by atoms with E-state index in [4.69, 9.17) is 27.9 Å². The van der Waals surface area contributed by atoms with Crippen molar-refractivity contribution in [2.45, 2.75) is 49.1 Å². The molecule has 3 fully saturated rings. The van der Waals surface area contributed by atoms with Gasteiger partial charge in [0.1, 0.15) is 18.4 Å². The summed E-state index contributed by atoms with van der Waals surface area (Å²) in [6, 6.07) is 16.2. The first-order valence-electron chi connectivity index (χ1n) is 13.5. The lowest BCUT2D eigenvalue weighted by Crippen LogP contribution is -2.56. The third-order valence-corrected chi connectivity index (χ3v) is 10.7. The molecular formula is C30H28Cl2F2N2O4S. The van der Waals surface area contributed by atoms with Crippen LogP contribution in [0.25, 0.3) is 0 Å². The summed E-state index contributed by atoms with van der Waals surface area (Å²) in [6.45, 7) is -0.520. The van der Waals surface area contributed by atoms with Crippen LogP contribution >= 0.6 is 23.2 Å². The number of amides is 1. The van der Waals surface area contributed by atoms with Crippen LogP contribution in [0.5, 0.6) is 0 Å². The number of carbonyl (C=O) groups is 1. The third kappa shape index (κ3) is 5.69. The zero-order valence-electron chi connectivity index (χ0n) is 21.9. The molecular weight excluding hydrogens is 593 g/mol. The second-order valence-electron chi connectivity index (χ2n) is 10.8. The monoisotopic (exact) mass is 620 g/mol. The number of carbonyl (C=O) groups excluding carboxylic acids is 1. The highest BCUT2D eigenvalue weighted by Crippen LogP contribution is 2.47. The van der Waals surface area contributed by atoms with Gasteiger partial charge in [0.2, 0.25) is 15.9 Å². The van der Waals surface area contributed by atoms with Gasteiger partial charge >= 0.3 is 0 Å². The highest BCUT2D eigenvalue weighted by Gasteiger charge is 2.50. The van der Waals surface area contributed by atoms with E-state index in [9.17, 15) is 13.2 Å². The third-order valence-electron chi connectivity index (χ3n) is 7.97. The summed E-state index contributed by atoms with van der Waals surface area (Å²) < 4.78 is 64.6. The van der Waals surface area contributed by atoms with Gasteiger partial charge in [-0.05, 0) is 79.1 Å². The average Bonchev–Trinajstić information content (AvgIpc) is 3.85. The van der Waals surface area contributed by atoms with E-state index in [2.05, 4.69) is 0 Å². The molecule has 6 nitrogen and oxygen atoms in total. The molecule has 2 saturated carbocycles. The fourth-order valence-electron chi connectivity index (χ4n) is 5.69. The fourth-order valence-corrected chi connectivity index (χ4v) is 7.89. The fraction of sp³-hybridized carbons (Fsp3) is 0.367. The number of sulfonamides is 1. The van der Waals surface area contributed by atoms with Gasteiger partial charge in [0.05, 0.1) is 23.9 Å². The first kappa shape index (κ1) is 28.4. The molecule has 41 heavy (non-hydrogen) atoms. The Morgan fingerprint density at radius 3 is 2.17 bits per heavy atom. The van der Waals surface area contributed by atoms with Crippen molar-refractivity contribution in [3.8, 4) is 0 Å². The molecule has 0 unspecified atom stereocenters. The SMILES string of the molecule is O=C1CO[C@H](c2cccc(Cl)c2)[C@@H](c2ccc(Cl)cc2)N1[C@H](CN(c1c(F)cccc1F)S(=O)(=O)C1CC1)C1CC1. The number of hydrogen-bond donors (Lipinski definition) is 0. The van der Waals surface area contributed by atoms with Gasteiger partial charge in [-0.25, -0.2) is 17.2 Å². The van der Waals surface area contributed by atoms with Gasteiger partial charge in [-0.2, -0.15) is 0 Å². The van der Waals surface area contributed by atoms with E-state index in [1.807, 2.05) is 6.07 Å². The maximum Gasteiger partial charge on any atom is 0.249 e. The number of halogens is 4. The molecule has 216 valence electrons. The van der Waals surface area contributed by atoms with E-state index in [-0.39, 0.29) is 25.0 Å². The number of benzene rings is 3. The Bertz CT molecular complexity index is 1540. The van der Waals surface area contributed by atoms with Crippen LogP contribution in [0.2, 0.25) is 10.0 Å². The van der Waals surface area contributed by atoms with Crippen molar-refractivity contribution in [1.29, 1.82) is 0 Å². The van der Waals surface area contributed by atoms with Crippen LogP contribution in [0.15, 0.2) is 66.7 Å². The normalized spacial score (nSPS) is 22.0. The lowest BCUT2D eigenvalue weighted by molar-refractivity contribution is -0.163. The molecule has 0 N–H and O–H groups in total. The summed E-state index contributed by atoms with van der Waals surface area (Å²) in [5.74, 6) is -2.33. The molecule has 1 saturated heterocycles. The standard InChI is InChI=1S/C30H28Cl2F2N2O4S/c31-21-11-9-19(10-12-21)28-30(20-3-1-4-22(32)15-20)40-17-27(37)36(28)26(18-7-8-18)16-35(41(38,39)23-13-14-23)29-24(33)5-2-6-25(29)34/h1-6,9-12,15,18,23,26,28,30H,7-8,13-14,16-17H2/t26-,28-,30-/m1/s1. The molecule has 1 aliphatic heterocycles. The number of nitrogens with zero attached hydrogens (tertiary/aromatic N) is 2. The molecule has 3 aromatic carbocycles. The van der Waals surface area contributed by atoms with Crippen LogP contribution in [0.3, 0.4) is 0 Å². The van der Waals surface area contributed by atoms with Crippen molar-refractivity contribution in [2.75, 3.05) is 17.5 Å². The Morgan fingerprint density at radius 2 is 1.56 bits per heavy atom. The topological polar surface area (TPSA) is 66.9 Å². The lowest BCUT2D eigenvalue weighted by Gasteiger charge is -2.47. The Kier molecular flexibility index (Phi) is 7.74. The van der Waals surface area contributed by atoms with E-state index in [1.165, 1.54) is 6.07 Å². The van der Waals surface area contributed by atoms with E-state index in [1.54, 1.807) is 47.4 Å². The summed E-state index contributed by atoms with van der Waals surface area (Å²) in [7, 11) is -4.09. The smallest absolute Gasteiger partial charge is 0.249 e. The van der Waals surface area contributed by atoms with Crippen LogP contribution < -0.4 is 4.31 Å². The molecule has 6 rings (SSSR count). The van der Waals surface area contributed by atoms with Gasteiger partial charge in [0.15, 0.2) is 11.6 Å². The summed E-state index contributed by atoms with van der Waals surface area (Å²) in [5, 5.41) is 0.297. The van der Waals surface area contributed by atoms with Gasteiger partial charge in [-0.1, -0.05) is 53.5 Å². The predicted molar refractivity (Wildman–Crippen MR) is 153 cm³/mol. The second-order valence-corrected chi connectivity index (χ2v) is 13.8. The summed E-state index contributed by atoms with van der Waals surface area (Å²) >= 11 is 12.5. The number of rotatable bonds is 9. The predicted octanol–water partition coefficient (Wildman–Crippen LogP) is 6.69. The van der Waals surface area contributed by atoms with Crippen molar-refractivity contribution < 1.29 is 26.7 Å². The van der Waals surface area contributed by atoms with E-state index < -0.39 is 50.8 Å². The van der Waals surface area contributed by atoms with Crippen molar-refractivity contribution in [1.82, 2.24) is 4.90 Å². The molecule has 0 bridgehead atoms. The molecule has 3 aromatic rings. The van der Waals surface area contributed by atoms with Crippen molar-refractivity contribution in [2.24, 2.45) is 5.92 Å². The molecule has 0 spiro atoms. The lowest BCUT2D eigenvalue weighted by atomic mass is 9.90.